The first kappa shape index (κ1) is 15.5. The topological polar surface area (TPSA) is 29.1 Å². The highest BCUT2D eigenvalue weighted by molar-refractivity contribution is 9.10. The van der Waals surface area contributed by atoms with Crippen molar-refractivity contribution in [3.8, 4) is 0 Å². The maximum atomic E-state index is 12.2. The Morgan fingerprint density at radius 1 is 1.33 bits per heavy atom. The van der Waals surface area contributed by atoms with E-state index in [0.29, 0.717) is 10.7 Å². The van der Waals surface area contributed by atoms with Crippen molar-refractivity contribution >= 4 is 39.1 Å². The summed E-state index contributed by atoms with van der Waals surface area (Å²) in [6, 6.07) is 5.46. The van der Waals surface area contributed by atoms with Crippen LogP contribution in [0.4, 0.5) is 5.69 Å². The van der Waals surface area contributed by atoms with E-state index in [-0.39, 0.29) is 11.8 Å². The van der Waals surface area contributed by atoms with Gasteiger partial charge in [0.05, 0.1) is 10.7 Å². The number of rotatable bonds is 6. The van der Waals surface area contributed by atoms with E-state index in [0.717, 1.165) is 30.2 Å². The Labute approximate surface area is 122 Å². The van der Waals surface area contributed by atoms with Gasteiger partial charge in [0.1, 0.15) is 0 Å². The van der Waals surface area contributed by atoms with Crippen LogP contribution in [-0.2, 0) is 4.79 Å². The molecular weight excluding hydrogens is 314 g/mol. The summed E-state index contributed by atoms with van der Waals surface area (Å²) >= 11 is 9.44. The Kier molecular flexibility index (Phi) is 6.72. The fourth-order valence-corrected chi connectivity index (χ4v) is 2.46. The molecule has 0 bridgehead atoms. The monoisotopic (exact) mass is 331 g/mol. The number of hydrogen-bond donors (Lipinski definition) is 1. The molecule has 4 heteroatoms. The van der Waals surface area contributed by atoms with E-state index in [1.165, 1.54) is 0 Å². The van der Waals surface area contributed by atoms with Crippen LogP contribution in [0.2, 0.25) is 5.02 Å². The summed E-state index contributed by atoms with van der Waals surface area (Å²) in [4.78, 5) is 12.2. The number of carbonyl (C=O) groups is 1. The molecule has 1 rings (SSSR count). The molecule has 0 aromatic heterocycles. The molecule has 1 N–H and O–H groups in total. The van der Waals surface area contributed by atoms with Crippen LogP contribution in [0.25, 0.3) is 0 Å². The molecule has 1 aromatic carbocycles. The van der Waals surface area contributed by atoms with E-state index in [1.807, 2.05) is 12.1 Å². The molecule has 0 aliphatic carbocycles. The van der Waals surface area contributed by atoms with E-state index in [1.54, 1.807) is 6.07 Å². The number of halogens is 2. The van der Waals surface area contributed by atoms with Crippen LogP contribution in [0.15, 0.2) is 22.7 Å². The van der Waals surface area contributed by atoms with Gasteiger partial charge in [-0.15, -0.1) is 0 Å². The van der Waals surface area contributed by atoms with E-state index in [9.17, 15) is 4.79 Å². The first-order valence-corrected chi connectivity index (χ1v) is 7.51. The zero-order valence-electron chi connectivity index (χ0n) is 10.8. The van der Waals surface area contributed by atoms with E-state index in [4.69, 9.17) is 11.6 Å². The number of carbonyl (C=O) groups excluding carboxylic acids is 1. The Hall–Kier alpha value is -0.540. The van der Waals surface area contributed by atoms with Crippen LogP contribution in [0.1, 0.15) is 39.5 Å². The summed E-state index contributed by atoms with van der Waals surface area (Å²) in [5.41, 5.74) is 0.674. The minimum atomic E-state index is 0.0682. The molecule has 0 spiro atoms. The average molecular weight is 333 g/mol. The third kappa shape index (κ3) is 4.62. The molecule has 2 nitrogen and oxygen atoms in total. The molecule has 0 fully saturated rings. The molecule has 0 aliphatic heterocycles. The molecule has 100 valence electrons. The number of benzene rings is 1. The Morgan fingerprint density at radius 3 is 2.50 bits per heavy atom. The van der Waals surface area contributed by atoms with Crippen LogP contribution in [0.3, 0.4) is 0 Å². The molecule has 0 radical (unpaired) electrons. The van der Waals surface area contributed by atoms with Gasteiger partial charge in [0.15, 0.2) is 0 Å². The Balaban J connectivity index is 2.75. The number of anilines is 1. The van der Waals surface area contributed by atoms with E-state index >= 15 is 0 Å². The van der Waals surface area contributed by atoms with Crippen molar-refractivity contribution in [3.05, 3.63) is 27.7 Å². The van der Waals surface area contributed by atoms with Crippen LogP contribution < -0.4 is 5.32 Å². The maximum Gasteiger partial charge on any atom is 0.227 e. The molecular formula is C14H19BrClNO. The molecule has 0 saturated heterocycles. The van der Waals surface area contributed by atoms with Gasteiger partial charge in [-0.3, -0.25) is 4.79 Å². The first-order chi connectivity index (χ1) is 8.58. The van der Waals surface area contributed by atoms with Gasteiger partial charge in [0.2, 0.25) is 5.91 Å². The highest BCUT2D eigenvalue weighted by Gasteiger charge is 2.17. The maximum absolute atomic E-state index is 12.2. The third-order valence-corrected chi connectivity index (χ3v) is 3.65. The van der Waals surface area contributed by atoms with Crippen LogP contribution >= 0.6 is 27.5 Å². The van der Waals surface area contributed by atoms with Crippen LogP contribution in [0, 0.1) is 5.92 Å². The van der Waals surface area contributed by atoms with Crippen molar-refractivity contribution < 1.29 is 4.79 Å². The van der Waals surface area contributed by atoms with Gasteiger partial charge in [0, 0.05) is 10.4 Å². The average Bonchev–Trinajstić information content (AvgIpc) is 2.33. The molecule has 1 aromatic rings. The quantitative estimate of drug-likeness (QED) is 0.756. The van der Waals surface area contributed by atoms with Gasteiger partial charge in [-0.05, 0) is 31.0 Å². The molecule has 0 aliphatic rings. The molecule has 0 atom stereocenters. The lowest BCUT2D eigenvalue weighted by atomic mass is 9.97. The summed E-state index contributed by atoms with van der Waals surface area (Å²) in [6.07, 6.45) is 3.88. The van der Waals surface area contributed by atoms with Crippen molar-refractivity contribution in [1.29, 1.82) is 0 Å². The molecule has 0 unspecified atom stereocenters. The number of nitrogens with one attached hydrogen (secondary N) is 1. The Bertz CT molecular complexity index is 403. The fourth-order valence-electron chi connectivity index (χ4n) is 1.93. The number of amides is 1. The minimum absolute atomic E-state index is 0.0682. The van der Waals surface area contributed by atoms with E-state index < -0.39 is 0 Å². The lowest BCUT2D eigenvalue weighted by Crippen LogP contribution is -2.22. The van der Waals surface area contributed by atoms with Gasteiger partial charge < -0.3 is 5.32 Å². The van der Waals surface area contributed by atoms with Gasteiger partial charge in [0.25, 0.3) is 0 Å². The van der Waals surface area contributed by atoms with E-state index in [2.05, 4.69) is 35.1 Å². The summed E-state index contributed by atoms with van der Waals surface area (Å²) in [6.45, 7) is 4.20. The first-order valence-electron chi connectivity index (χ1n) is 6.34. The van der Waals surface area contributed by atoms with Gasteiger partial charge >= 0.3 is 0 Å². The molecule has 1 amide bonds. The highest BCUT2D eigenvalue weighted by atomic mass is 79.9. The smallest absolute Gasteiger partial charge is 0.227 e. The van der Waals surface area contributed by atoms with Crippen molar-refractivity contribution in [3.63, 3.8) is 0 Å². The van der Waals surface area contributed by atoms with Crippen molar-refractivity contribution in [2.24, 2.45) is 5.92 Å². The summed E-state index contributed by atoms with van der Waals surface area (Å²) in [5.74, 6) is 0.147. The molecule has 0 heterocycles. The summed E-state index contributed by atoms with van der Waals surface area (Å²) in [7, 11) is 0. The van der Waals surface area contributed by atoms with Crippen molar-refractivity contribution in [1.82, 2.24) is 0 Å². The second kappa shape index (κ2) is 7.80. The van der Waals surface area contributed by atoms with Crippen LogP contribution in [-0.4, -0.2) is 5.91 Å². The van der Waals surface area contributed by atoms with Crippen LogP contribution in [0.5, 0.6) is 0 Å². The van der Waals surface area contributed by atoms with Crippen molar-refractivity contribution in [2.75, 3.05) is 5.32 Å². The third-order valence-electron chi connectivity index (χ3n) is 2.83. The largest absolute Gasteiger partial charge is 0.324 e. The zero-order chi connectivity index (χ0) is 13.5. The Morgan fingerprint density at radius 2 is 1.94 bits per heavy atom. The second-order valence-corrected chi connectivity index (χ2v) is 5.71. The second-order valence-electron chi connectivity index (χ2n) is 4.39. The highest BCUT2D eigenvalue weighted by Crippen LogP contribution is 2.27. The standard InChI is InChI=1S/C14H19BrClNO/c1-3-5-10(6-4-2)14(18)17-13-9-11(15)7-8-12(13)16/h7-10H,3-6H2,1-2H3,(H,17,18). The summed E-state index contributed by atoms with van der Waals surface area (Å²) in [5, 5.41) is 3.49. The van der Waals surface area contributed by atoms with Crippen molar-refractivity contribution in [2.45, 2.75) is 39.5 Å². The lowest BCUT2D eigenvalue weighted by Gasteiger charge is -2.16. The predicted molar refractivity (Wildman–Crippen MR) is 81.1 cm³/mol. The lowest BCUT2D eigenvalue weighted by molar-refractivity contribution is -0.120. The summed E-state index contributed by atoms with van der Waals surface area (Å²) < 4.78 is 0.907. The minimum Gasteiger partial charge on any atom is -0.324 e. The normalized spacial score (nSPS) is 10.7. The SMILES string of the molecule is CCCC(CCC)C(=O)Nc1cc(Br)ccc1Cl. The van der Waals surface area contributed by atoms with Gasteiger partial charge in [-0.25, -0.2) is 0 Å². The predicted octanol–water partition coefficient (Wildman–Crippen LogP) is 5.26. The zero-order valence-corrected chi connectivity index (χ0v) is 13.1. The number of hydrogen-bond acceptors (Lipinski definition) is 1. The fraction of sp³-hybridized carbons (Fsp3) is 0.500. The van der Waals surface area contributed by atoms with Gasteiger partial charge in [-0.2, -0.15) is 0 Å². The molecule has 18 heavy (non-hydrogen) atoms. The molecule has 0 saturated carbocycles. The van der Waals surface area contributed by atoms with Gasteiger partial charge in [-0.1, -0.05) is 54.2 Å².